The summed E-state index contributed by atoms with van der Waals surface area (Å²) < 4.78 is 5.20. The highest BCUT2D eigenvalue weighted by Crippen LogP contribution is 2.28. The van der Waals surface area contributed by atoms with Crippen molar-refractivity contribution in [3.8, 4) is 5.75 Å². The highest BCUT2D eigenvalue weighted by atomic mass is 16.6. The van der Waals surface area contributed by atoms with E-state index in [1.165, 1.54) is 17.0 Å². The van der Waals surface area contributed by atoms with Crippen LogP contribution in [0.3, 0.4) is 0 Å². The van der Waals surface area contributed by atoms with Crippen molar-refractivity contribution in [2.75, 3.05) is 6.54 Å². The minimum Gasteiger partial charge on any atom is -0.508 e. The van der Waals surface area contributed by atoms with Crippen molar-refractivity contribution in [1.82, 2.24) is 15.5 Å². The van der Waals surface area contributed by atoms with Crippen molar-refractivity contribution in [2.24, 2.45) is 0 Å². The van der Waals surface area contributed by atoms with Gasteiger partial charge >= 0.3 is 6.09 Å². The fourth-order valence-corrected chi connectivity index (χ4v) is 2.97. The second-order valence-electron chi connectivity index (χ2n) is 9.65. The van der Waals surface area contributed by atoms with Gasteiger partial charge in [-0.25, -0.2) is 4.79 Å². The summed E-state index contributed by atoms with van der Waals surface area (Å²) in [4.78, 5) is 39.9. The molecule has 3 N–H and O–H groups in total. The van der Waals surface area contributed by atoms with Crippen molar-refractivity contribution in [2.45, 2.75) is 85.0 Å². The third kappa shape index (κ3) is 8.86. The molecule has 31 heavy (non-hydrogen) atoms. The number of aromatic hydroxyl groups is 1. The first kappa shape index (κ1) is 26.3. The van der Waals surface area contributed by atoms with Crippen LogP contribution in [0, 0.1) is 0 Å². The topological polar surface area (TPSA) is 108 Å². The van der Waals surface area contributed by atoms with E-state index in [4.69, 9.17) is 4.74 Å². The van der Waals surface area contributed by atoms with E-state index in [0.717, 1.165) is 0 Å². The van der Waals surface area contributed by atoms with Crippen molar-refractivity contribution in [3.63, 3.8) is 0 Å². The minimum atomic E-state index is -0.978. The summed E-state index contributed by atoms with van der Waals surface area (Å²) in [6.07, 6.45) is -0.117. The number of phenols is 1. The number of rotatable bonds is 7. The first-order chi connectivity index (χ1) is 14.1. The predicted octanol–water partition coefficient (Wildman–Crippen LogP) is 3.50. The first-order valence-electron chi connectivity index (χ1n) is 10.5. The summed E-state index contributed by atoms with van der Waals surface area (Å²) in [5.41, 5.74) is -0.738. The largest absolute Gasteiger partial charge is 0.508 e. The van der Waals surface area contributed by atoms with Gasteiger partial charge in [0.1, 0.15) is 23.9 Å². The van der Waals surface area contributed by atoms with E-state index in [-0.39, 0.29) is 24.2 Å². The maximum absolute atomic E-state index is 13.3. The number of phenolic OH excluding ortho intramolecular Hbond substituents is 1. The summed E-state index contributed by atoms with van der Waals surface area (Å²) in [5, 5.41) is 15.4. The molecule has 0 aliphatic heterocycles. The van der Waals surface area contributed by atoms with Gasteiger partial charge in [-0.3, -0.25) is 9.59 Å². The number of alkyl carbamates (subject to hydrolysis) is 1. The number of carbonyl (C=O) groups excluding carboxylic acids is 3. The second-order valence-corrected chi connectivity index (χ2v) is 9.65. The van der Waals surface area contributed by atoms with Gasteiger partial charge in [0, 0.05) is 11.6 Å². The van der Waals surface area contributed by atoms with Gasteiger partial charge in [-0.05, 0) is 72.6 Å². The molecule has 1 aromatic rings. The molecular formula is C23H37N3O5. The summed E-state index contributed by atoms with van der Waals surface area (Å²) in [7, 11) is 0. The van der Waals surface area contributed by atoms with Crippen LogP contribution in [0.5, 0.6) is 5.75 Å². The van der Waals surface area contributed by atoms with Crippen molar-refractivity contribution >= 4 is 17.9 Å². The molecule has 1 aromatic carbocycles. The number of nitrogens with one attached hydrogen (secondary N) is 2. The highest BCUT2D eigenvalue weighted by Gasteiger charge is 2.36. The normalized spacial score (nSPS) is 13.7. The third-order valence-electron chi connectivity index (χ3n) is 4.35. The van der Waals surface area contributed by atoms with E-state index in [0.29, 0.717) is 12.0 Å². The summed E-state index contributed by atoms with van der Waals surface area (Å²) >= 11 is 0. The van der Waals surface area contributed by atoms with E-state index in [9.17, 15) is 19.5 Å². The Morgan fingerprint density at radius 1 is 1.13 bits per heavy atom. The van der Waals surface area contributed by atoms with E-state index in [2.05, 4.69) is 10.6 Å². The van der Waals surface area contributed by atoms with Crippen LogP contribution in [0.15, 0.2) is 24.3 Å². The van der Waals surface area contributed by atoms with Crippen LogP contribution in [0.4, 0.5) is 4.79 Å². The molecule has 0 spiro atoms. The number of carbonyl (C=O) groups is 3. The van der Waals surface area contributed by atoms with Gasteiger partial charge in [0.2, 0.25) is 11.8 Å². The quantitative estimate of drug-likeness (QED) is 0.607. The highest BCUT2D eigenvalue weighted by molar-refractivity contribution is 5.91. The van der Waals surface area contributed by atoms with Gasteiger partial charge in [-0.2, -0.15) is 0 Å². The smallest absolute Gasteiger partial charge is 0.408 e. The molecule has 2 unspecified atom stereocenters. The Morgan fingerprint density at radius 2 is 1.74 bits per heavy atom. The van der Waals surface area contributed by atoms with Crippen LogP contribution in [-0.4, -0.2) is 51.6 Å². The van der Waals surface area contributed by atoms with Crippen molar-refractivity contribution in [1.29, 1.82) is 0 Å². The SMILES string of the molecule is CCC(C)N(C(=O)CNC(=O)OC(C)(C)C)C(C(=O)NC(C)(C)C)c1cccc(O)c1. The molecule has 0 aromatic heterocycles. The van der Waals surface area contributed by atoms with Gasteiger partial charge in [-0.15, -0.1) is 0 Å². The molecule has 2 atom stereocenters. The predicted molar refractivity (Wildman–Crippen MR) is 120 cm³/mol. The number of benzene rings is 1. The Hall–Kier alpha value is -2.77. The maximum atomic E-state index is 13.3. The maximum Gasteiger partial charge on any atom is 0.408 e. The second kappa shape index (κ2) is 10.5. The number of hydrogen-bond donors (Lipinski definition) is 3. The summed E-state index contributed by atoms with van der Waals surface area (Å²) in [6.45, 7) is 14.2. The molecule has 0 radical (unpaired) electrons. The number of ether oxygens (including phenoxy) is 1. The fraction of sp³-hybridized carbons (Fsp3) is 0.609. The van der Waals surface area contributed by atoms with Crippen LogP contribution in [0.25, 0.3) is 0 Å². The Labute approximate surface area is 185 Å². The van der Waals surface area contributed by atoms with Gasteiger partial charge in [0.25, 0.3) is 0 Å². The molecule has 0 bridgehead atoms. The van der Waals surface area contributed by atoms with Crippen LogP contribution in [-0.2, 0) is 14.3 Å². The first-order valence-corrected chi connectivity index (χ1v) is 10.5. The Bertz CT molecular complexity index is 780. The van der Waals surface area contributed by atoms with Crippen molar-refractivity contribution < 1.29 is 24.2 Å². The third-order valence-corrected chi connectivity index (χ3v) is 4.35. The lowest BCUT2D eigenvalue weighted by molar-refractivity contribution is -0.143. The zero-order valence-electron chi connectivity index (χ0n) is 19.9. The van der Waals surface area contributed by atoms with Crippen LogP contribution in [0.1, 0.15) is 73.4 Å². The molecule has 0 saturated carbocycles. The molecule has 0 fully saturated rings. The average Bonchev–Trinajstić information content (AvgIpc) is 2.60. The molecule has 0 aliphatic rings. The molecule has 0 aliphatic carbocycles. The average molecular weight is 436 g/mol. The summed E-state index contributed by atoms with van der Waals surface area (Å²) in [5.74, 6) is -0.809. The van der Waals surface area contributed by atoms with E-state index >= 15 is 0 Å². The van der Waals surface area contributed by atoms with Gasteiger partial charge < -0.3 is 25.4 Å². The lowest BCUT2D eigenvalue weighted by Crippen LogP contribution is -2.53. The number of nitrogens with zero attached hydrogens (tertiary/aromatic N) is 1. The van der Waals surface area contributed by atoms with Gasteiger partial charge in [-0.1, -0.05) is 19.1 Å². The molecule has 0 heterocycles. The van der Waals surface area contributed by atoms with Crippen molar-refractivity contribution in [3.05, 3.63) is 29.8 Å². The van der Waals surface area contributed by atoms with Crippen LogP contribution in [0.2, 0.25) is 0 Å². The van der Waals surface area contributed by atoms with Crippen LogP contribution < -0.4 is 10.6 Å². The van der Waals surface area contributed by atoms with Gasteiger partial charge in [0.05, 0.1) is 0 Å². The zero-order chi connectivity index (χ0) is 24.0. The minimum absolute atomic E-state index is 0.00510. The number of hydrogen-bond acceptors (Lipinski definition) is 5. The Balaban J connectivity index is 3.27. The fourth-order valence-electron chi connectivity index (χ4n) is 2.97. The molecule has 1 rings (SSSR count). The molecular weight excluding hydrogens is 398 g/mol. The van der Waals surface area contributed by atoms with E-state index in [1.54, 1.807) is 32.9 Å². The molecule has 8 nitrogen and oxygen atoms in total. The number of amides is 3. The summed E-state index contributed by atoms with van der Waals surface area (Å²) in [6, 6.07) is 5.01. The molecule has 0 saturated heterocycles. The van der Waals surface area contributed by atoms with Crippen LogP contribution >= 0.6 is 0 Å². The zero-order valence-corrected chi connectivity index (χ0v) is 19.9. The Kier molecular flexibility index (Phi) is 8.90. The van der Waals surface area contributed by atoms with E-state index < -0.39 is 29.2 Å². The van der Waals surface area contributed by atoms with Gasteiger partial charge in [0.15, 0.2) is 0 Å². The lowest BCUT2D eigenvalue weighted by atomic mass is 9.99. The monoisotopic (exact) mass is 435 g/mol. The molecule has 8 heteroatoms. The molecule has 3 amide bonds. The standard InChI is InChI=1S/C23H37N3O5/c1-9-15(2)26(18(28)14-24-21(30)31-23(6,7)8)19(20(29)25-22(3,4)5)16-11-10-12-17(27)13-16/h10-13,15,19,27H,9,14H2,1-8H3,(H,24,30)(H,25,29). The lowest BCUT2D eigenvalue weighted by Gasteiger charge is -2.37. The molecule has 174 valence electrons. The van der Waals surface area contributed by atoms with E-state index in [1.807, 2.05) is 34.6 Å². The Morgan fingerprint density at radius 3 is 2.23 bits per heavy atom.